The van der Waals surface area contributed by atoms with Crippen molar-refractivity contribution in [1.82, 2.24) is 4.98 Å². The number of oxazole rings is 1. The molecule has 1 aliphatic rings. The number of aromatic nitrogens is 1. The van der Waals surface area contributed by atoms with Crippen molar-refractivity contribution in [2.24, 2.45) is 0 Å². The molecule has 0 saturated carbocycles. The topological polar surface area (TPSA) is 53.7 Å². The van der Waals surface area contributed by atoms with Gasteiger partial charge in [-0.05, 0) is 25.1 Å². The van der Waals surface area contributed by atoms with Gasteiger partial charge in [0, 0.05) is 0 Å². The Hall–Kier alpha value is -0.693. The van der Waals surface area contributed by atoms with Crippen LogP contribution in [-0.2, 0) is 26.3 Å². The van der Waals surface area contributed by atoms with Crippen molar-refractivity contribution in [3.05, 3.63) is 17.8 Å². The van der Waals surface area contributed by atoms with E-state index >= 15 is 0 Å². The average molecular weight is 299 g/mol. The second kappa shape index (κ2) is 5.25. The first kappa shape index (κ1) is 15.7. The van der Waals surface area contributed by atoms with Crippen molar-refractivity contribution < 1.29 is 18.3 Å². The van der Waals surface area contributed by atoms with Gasteiger partial charge in [-0.3, -0.25) is 0 Å². The van der Waals surface area contributed by atoms with Crippen LogP contribution in [0.4, 0.5) is 0 Å². The Bertz CT molecular complexity index is 458. The summed E-state index contributed by atoms with van der Waals surface area (Å²) in [5.74, 6) is -0.205. The summed E-state index contributed by atoms with van der Waals surface area (Å²) in [5, 5.41) is 0.173. The maximum absolute atomic E-state index is 6.09. The van der Waals surface area contributed by atoms with Gasteiger partial charge in [0.25, 0.3) is 0 Å². The highest BCUT2D eigenvalue weighted by Gasteiger charge is 2.39. The molecular weight excluding hydrogens is 274 g/mol. The first-order valence-corrected chi connectivity index (χ1v) is 9.92. The molecule has 0 amide bonds. The summed E-state index contributed by atoms with van der Waals surface area (Å²) in [5.41, 5.74) is 0.670. The van der Waals surface area contributed by atoms with E-state index in [1.54, 1.807) is 6.26 Å². The first-order valence-electron chi connectivity index (χ1n) is 7.01. The van der Waals surface area contributed by atoms with E-state index in [1.807, 2.05) is 6.92 Å². The van der Waals surface area contributed by atoms with Crippen LogP contribution in [0.25, 0.3) is 0 Å². The quantitative estimate of drug-likeness (QED) is 0.797. The summed E-state index contributed by atoms with van der Waals surface area (Å²) in [6.45, 7) is 14.5. The Morgan fingerprint density at radius 3 is 2.45 bits per heavy atom. The maximum atomic E-state index is 6.09. The van der Waals surface area contributed by atoms with Crippen molar-refractivity contribution in [2.45, 2.75) is 58.2 Å². The molecule has 0 N–H and O–H groups in total. The van der Waals surface area contributed by atoms with Gasteiger partial charge in [0.15, 0.2) is 8.32 Å². The second-order valence-electron chi connectivity index (χ2n) is 6.82. The third kappa shape index (κ3) is 3.14. The second-order valence-corrected chi connectivity index (χ2v) is 11.6. The minimum atomic E-state index is -1.79. The van der Waals surface area contributed by atoms with Crippen LogP contribution in [0.3, 0.4) is 0 Å². The maximum Gasteiger partial charge on any atom is 0.219 e. The van der Waals surface area contributed by atoms with E-state index in [9.17, 15) is 0 Å². The van der Waals surface area contributed by atoms with Gasteiger partial charge >= 0.3 is 0 Å². The molecule has 0 aliphatic carbocycles. The van der Waals surface area contributed by atoms with E-state index in [0.29, 0.717) is 31.4 Å². The molecule has 2 heterocycles. The van der Waals surface area contributed by atoms with Crippen LogP contribution in [0.1, 0.15) is 39.3 Å². The van der Waals surface area contributed by atoms with Crippen LogP contribution in [0, 0.1) is 0 Å². The van der Waals surface area contributed by atoms with E-state index in [-0.39, 0.29) is 5.04 Å². The predicted octanol–water partition coefficient (Wildman–Crippen LogP) is 3.42. The largest absolute Gasteiger partial charge is 0.446 e. The molecule has 0 aromatic carbocycles. The zero-order valence-corrected chi connectivity index (χ0v) is 14.3. The molecule has 1 aromatic rings. The molecule has 0 bridgehead atoms. The Morgan fingerprint density at radius 2 is 1.90 bits per heavy atom. The summed E-state index contributed by atoms with van der Waals surface area (Å²) < 4.78 is 22.7. The smallest absolute Gasteiger partial charge is 0.219 e. The van der Waals surface area contributed by atoms with Gasteiger partial charge in [-0.1, -0.05) is 20.8 Å². The van der Waals surface area contributed by atoms with Crippen LogP contribution < -0.4 is 0 Å². The summed E-state index contributed by atoms with van der Waals surface area (Å²) in [6.07, 6.45) is 1.59. The van der Waals surface area contributed by atoms with Crippen molar-refractivity contribution in [2.75, 3.05) is 13.2 Å². The molecule has 6 heteroatoms. The van der Waals surface area contributed by atoms with E-state index in [0.717, 1.165) is 0 Å². The fraction of sp³-hybridized carbons (Fsp3) is 0.786. The summed E-state index contributed by atoms with van der Waals surface area (Å²) in [7, 11) is -1.79. The Morgan fingerprint density at radius 1 is 1.30 bits per heavy atom. The van der Waals surface area contributed by atoms with Crippen LogP contribution in [0.15, 0.2) is 10.7 Å². The van der Waals surface area contributed by atoms with Gasteiger partial charge in [0.1, 0.15) is 18.6 Å². The van der Waals surface area contributed by atoms with E-state index < -0.39 is 14.1 Å². The van der Waals surface area contributed by atoms with Gasteiger partial charge < -0.3 is 18.3 Å². The molecule has 1 aliphatic heterocycles. The molecule has 1 aromatic heterocycles. The monoisotopic (exact) mass is 299 g/mol. The van der Waals surface area contributed by atoms with Gasteiger partial charge in [-0.25, -0.2) is 4.98 Å². The van der Waals surface area contributed by atoms with Crippen molar-refractivity contribution >= 4 is 8.32 Å². The highest BCUT2D eigenvalue weighted by molar-refractivity contribution is 6.74. The molecule has 0 atom stereocenters. The van der Waals surface area contributed by atoms with Gasteiger partial charge in [-0.15, -0.1) is 0 Å². The zero-order valence-electron chi connectivity index (χ0n) is 13.3. The molecule has 0 unspecified atom stereocenters. The molecule has 2 rings (SSSR count). The molecular formula is C14H25NO4Si. The van der Waals surface area contributed by atoms with Gasteiger partial charge in [-0.2, -0.15) is 0 Å². The molecule has 0 spiro atoms. The molecule has 20 heavy (non-hydrogen) atoms. The molecule has 1 fully saturated rings. The molecule has 5 nitrogen and oxygen atoms in total. The van der Waals surface area contributed by atoms with E-state index in [1.165, 1.54) is 0 Å². The molecule has 0 radical (unpaired) electrons. The summed E-state index contributed by atoms with van der Waals surface area (Å²) in [6, 6.07) is 0. The third-order valence-electron chi connectivity index (χ3n) is 4.22. The van der Waals surface area contributed by atoms with E-state index in [2.05, 4.69) is 38.8 Å². The lowest BCUT2D eigenvalue weighted by atomic mass is 10.2. The lowest BCUT2D eigenvalue weighted by Gasteiger charge is -2.35. The highest BCUT2D eigenvalue weighted by Crippen LogP contribution is 2.37. The number of hydrogen-bond donors (Lipinski definition) is 0. The fourth-order valence-electron chi connectivity index (χ4n) is 1.71. The zero-order chi connectivity index (χ0) is 15.0. The van der Waals surface area contributed by atoms with Crippen LogP contribution in [-0.4, -0.2) is 26.5 Å². The number of ether oxygens (including phenoxy) is 2. The minimum absolute atomic E-state index is 0.173. The Balaban J connectivity index is 2.00. The van der Waals surface area contributed by atoms with Crippen LogP contribution >= 0.6 is 0 Å². The van der Waals surface area contributed by atoms with Crippen molar-refractivity contribution in [3.8, 4) is 0 Å². The van der Waals surface area contributed by atoms with Gasteiger partial charge in [0.2, 0.25) is 11.7 Å². The first-order chi connectivity index (χ1) is 9.14. The standard InChI is InChI=1S/C14H25NO4Si/c1-13(2,3)20(5,6)19-10-12-15-11(9-16-12)14(4)17-7-8-18-14/h9H,7-8,10H2,1-6H3. The fourth-order valence-corrected chi connectivity index (χ4v) is 2.62. The highest BCUT2D eigenvalue weighted by atomic mass is 28.4. The lowest BCUT2D eigenvalue weighted by Crippen LogP contribution is -2.40. The molecule has 1 saturated heterocycles. The SMILES string of the molecule is CC1(c2coc(CO[Si](C)(C)C(C)(C)C)n2)OCCO1. The summed E-state index contributed by atoms with van der Waals surface area (Å²) in [4.78, 5) is 4.43. The third-order valence-corrected chi connectivity index (χ3v) is 8.70. The summed E-state index contributed by atoms with van der Waals surface area (Å²) >= 11 is 0. The van der Waals surface area contributed by atoms with Crippen molar-refractivity contribution in [1.29, 1.82) is 0 Å². The molecule has 114 valence electrons. The average Bonchev–Trinajstić information content (AvgIpc) is 2.94. The van der Waals surface area contributed by atoms with Gasteiger partial charge in [0.05, 0.1) is 13.2 Å². The van der Waals surface area contributed by atoms with Crippen LogP contribution in [0.5, 0.6) is 0 Å². The predicted molar refractivity (Wildman–Crippen MR) is 77.7 cm³/mol. The minimum Gasteiger partial charge on any atom is -0.446 e. The Labute approximate surface area is 121 Å². The number of rotatable bonds is 4. The normalized spacial score (nSPS) is 19.5. The number of nitrogens with zero attached hydrogens (tertiary/aromatic N) is 1. The Kier molecular flexibility index (Phi) is 4.12. The lowest BCUT2D eigenvalue weighted by molar-refractivity contribution is -0.152. The van der Waals surface area contributed by atoms with Crippen LogP contribution in [0.2, 0.25) is 18.1 Å². The van der Waals surface area contributed by atoms with E-state index in [4.69, 9.17) is 18.3 Å². The van der Waals surface area contributed by atoms with Crippen molar-refractivity contribution in [3.63, 3.8) is 0 Å². The number of hydrogen-bond acceptors (Lipinski definition) is 5.